The molecule has 1 aromatic carbocycles. The molecule has 1 aromatic rings. The lowest BCUT2D eigenvalue weighted by Crippen LogP contribution is -2.67. The second-order valence-corrected chi connectivity index (χ2v) is 7.63. The average molecular weight is 475 g/mol. The number of esters is 3. The van der Waals surface area contributed by atoms with Gasteiger partial charge < -0.3 is 23.7 Å². The first kappa shape index (κ1) is 25.1. The number of amides is 2. The van der Waals surface area contributed by atoms with Crippen LogP contribution < -0.4 is 0 Å². The van der Waals surface area contributed by atoms with Crippen molar-refractivity contribution in [3.63, 3.8) is 0 Å². The third kappa shape index (κ3) is 5.15. The maximum Gasteiger partial charge on any atom is 0.303 e. The number of hydrogen-bond acceptors (Lipinski definition) is 10. The summed E-state index contributed by atoms with van der Waals surface area (Å²) in [5, 5.41) is 0. The Morgan fingerprint density at radius 2 is 1.53 bits per heavy atom. The molecule has 11 heteroatoms. The standard InChI is InChI=1S/C23H25NO10/c1-5-10-30-23-18(24-21(28)15-8-6-7-9-16(15)22(24)29)20(33-14(4)27)19(32-13(3)26)17(34-23)11-31-12(2)25/h5-9,17-20,23H,1,10-11H2,2-4H3/t17?,18?,19-,20?,23-/m1/s1. The van der Waals surface area contributed by atoms with Crippen LogP contribution in [0.25, 0.3) is 0 Å². The molecule has 5 atom stereocenters. The topological polar surface area (TPSA) is 135 Å². The normalized spacial score (nSPS) is 26.0. The quantitative estimate of drug-likeness (QED) is 0.232. The fraction of sp³-hybridized carbons (Fsp3) is 0.435. The fourth-order valence-corrected chi connectivity index (χ4v) is 3.94. The van der Waals surface area contributed by atoms with Crippen LogP contribution >= 0.6 is 0 Å². The summed E-state index contributed by atoms with van der Waals surface area (Å²) in [5.41, 5.74) is 0.310. The molecule has 1 saturated heterocycles. The first-order valence-electron chi connectivity index (χ1n) is 10.5. The minimum atomic E-state index is -1.38. The van der Waals surface area contributed by atoms with Crippen molar-refractivity contribution in [1.29, 1.82) is 0 Å². The number of carbonyl (C=O) groups is 5. The van der Waals surface area contributed by atoms with E-state index in [1.807, 2.05) is 0 Å². The van der Waals surface area contributed by atoms with E-state index < -0.39 is 60.4 Å². The molecule has 3 unspecified atom stereocenters. The van der Waals surface area contributed by atoms with Gasteiger partial charge in [-0.3, -0.25) is 28.9 Å². The lowest BCUT2D eigenvalue weighted by Gasteiger charge is -2.47. The zero-order valence-corrected chi connectivity index (χ0v) is 18.9. The Hall–Kier alpha value is -3.57. The Bertz CT molecular complexity index is 970. The number of hydrogen-bond donors (Lipinski definition) is 0. The molecular formula is C23H25NO10. The van der Waals surface area contributed by atoms with Crippen molar-refractivity contribution >= 4 is 29.7 Å². The van der Waals surface area contributed by atoms with E-state index in [2.05, 4.69) is 6.58 Å². The Balaban J connectivity index is 2.09. The van der Waals surface area contributed by atoms with E-state index in [1.54, 1.807) is 12.1 Å². The van der Waals surface area contributed by atoms with Gasteiger partial charge in [0.05, 0.1) is 17.7 Å². The van der Waals surface area contributed by atoms with E-state index in [9.17, 15) is 24.0 Å². The molecular weight excluding hydrogens is 450 g/mol. The van der Waals surface area contributed by atoms with Crippen LogP contribution in [0.5, 0.6) is 0 Å². The smallest absolute Gasteiger partial charge is 0.303 e. The van der Waals surface area contributed by atoms with Crippen LogP contribution in [0.15, 0.2) is 36.9 Å². The van der Waals surface area contributed by atoms with Crippen molar-refractivity contribution in [3.8, 4) is 0 Å². The molecule has 0 aliphatic carbocycles. The lowest BCUT2D eigenvalue weighted by molar-refractivity contribution is -0.283. The summed E-state index contributed by atoms with van der Waals surface area (Å²) in [5.74, 6) is -3.44. The highest BCUT2D eigenvalue weighted by molar-refractivity contribution is 6.21. The number of benzene rings is 1. The summed E-state index contributed by atoms with van der Waals surface area (Å²) in [6.45, 7) is 6.60. The van der Waals surface area contributed by atoms with E-state index >= 15 is 0 Å². The first-order valence-corrected chi connectivity index (χ1v) is 10.5. The predicted molar refractivity (Wildman–Crippen MR) is 113 cm³/mol. The van der Waals surface area contributed by atoms with Crippen LogP contribution in [0.4, 0.5) is 0 Å². The van der Waals surface area contributed by atoms with Crippen LogP contribution in [-0.4, -0.2) is 78.5 Å². The summed E-state index contributed by atoms with van der Waals surface area (Å²) in [4.78, 5) is 62.7. The predicted octanol–water partition coefficient (Wildman–Crippen LogP) is 1.01. The maximum absolute atomic E-state index is 13.2. The largest absolute Gasteiger partial charge is 0.463 e. The molecule has 182 valence electrons. The molecule has 0 spiro atoms. The van der Waals surface area contributed by atoms with Gasteiger partial charge in [-0.1, -0.05) is 18.2 Å². The molecule has 0 N–H and O–H groups in total. The van der Waals surface area contributed by atoms with Gasteiger partial charge in [-0.25, -0.2) is 0 Å². The SMILES string of the molecule is C=CCO[C@@H]1OC(COC(C)=O)[C@@H](OC(C)=O)C(OC(C)=O)C1N1C(=O)c2ccccc2C1=O. The molecule has 2 amide bonds. The minimum absolute atomic E-state index is 0.0460. The Kier molecular flexibility index (Phi) is 7.79. The van der Waals surface area contributed by atoms with Crippen molar-refractivity contribution in [2.45, 2.75) is 51.4 Å². The summed E-state index contributed by atoms with van der Waals surface area (Å²) in [6, 6.07) is 4.88. The molecule has 2 aliphatic heterocycles. The Labute approximate surface area is 195 Å². The number of nitrogens with zero attached hydrogens (tertiary/aromatic N) is 1. The van der Waals surface area contributed by atoms with Gasteiger partial charge in [0.2, 0.25) is 0 Å². The number of ether oxygens (including phenoxy) is 5. The van der Waals surface area contributed by atoms with Gasteiger partial charge in [0.1, 0.15) is 18.8 Å². The molecule has 2 heterocycles. The highest BCUT2D eigenvalue weighted by Crippen LogP contribution is 2.35. The zero-order chi connectivity index (χ0) is 25.0. The van der Waals surface area contributed by atoms with Gasteiger partial charge in [-0.15, -0.1) is 6.58 Å². The Morgan fingerprint density at radius 3 is 2.03 bits per heavy atom. The molecule has 2 aliphatic rings. The lowest BCUT2D eigenvalue weighted by atomic mass is 9.94. The third-order valence-electron chi connectivity index (χ3n) is 5.17. The van der Waals surface area contributed by atoms with Crippen molar-refractivity contribution in [2.75, 3.05) is 13.2 Å². The monoisotopic (exact) mass is 475 g/mol. The molecule has 3 rings (SSSR count). The van der Waals surface area contributed by atoms with Crippen molar-refractivity contribution < 1.29 is 47.7 Å². The number of rotatable bonds is 8. The summed E-state index contributed by atoms with van der Waals surface area (Å²) in [6.07, 6.45) is -3.73. The van der Waals surface area contributed by atoms with Crippen molar-refractivity contribution in [2.24, 2.45) is 0 Å². The van der Waals surface area contributed by atoms with Gasteiger partial charge in [-0.05, 0) is 12.1 Å². The molecule has 11 nitrogen and oxygen atoms in total. The number of fused-ring (bicyclic) bond motifs is 1. The van der Waals surface area contributed by atoms with E-state index in [0.717, 1.165) is 18.7 Å². The second-order valence-electron chi connectivity index (χ2n) is 7.63. The van der Waals surface area contributed by atoms with Gasteiger partial charge in [0.25, 0.3) is 11.8 Å². The van der Waals surface area contributed by atoms with Crippen molar-refractivity contribution in [1.82, 2.24) is 4.90 Å². The average Bonchev–Trinajstić information content (AvgIpc) is 3.02. The van der Waals surface area contributed by atoms with Gasteiger partial charge in [0.15, 0.2) is 18.5 Å². The van der Waals surface area contributed by atoms with Crippen LogP contribution in [-0.2, 0) is 38.1 Å². The number of imide groups is 1. The molecule has 0 radical (unpaired) electrons. The highest BCUT2D eigenvalue weighted by Gasteiger charge is 2.57. The maximum atomic E-state index is 13.2. The van der Waals surface area contributed by atoms with Gasteiger partial charge >= 0.3 is 17.9 Å². The second kappa shape index (κ2) is 10.6. The molecule has 1 fully saturated rings. The van der Waals surface area contributed by atoms with Crippen LogP contribution in [0.3, 0.4) is 0 Å². The molecule has 0 bridgehead atoms. The van der Waals surface area contributed by atoms with E-state index in [4.69, 9.17) is 23.7 Å². The molecule has 0 saturated carbocycles. The Morgan fingerprint density at radius 1 is 0.971 bits per heavy atom. The van der Waals surface area contributed by atoms with Crippen LogP contribution in [0, 0.1) is 0 Å². The zero-order valence-electron chi connectivity index (χ0n) is 18.9. The fourth-order valence-electron chi connectivity index (χ4n) is 3.94. The highest BCUT2D eigenvalue weighted by atomic mass is 16.7. The third-order valence-corrected chi connectivity index (χ3v) is 5.17. The van der Waals surface area contributed by atoms with E-state index in [-0.39, 0.29) is 24.3 Å². The van der Waals surface area contributed by atoms with E-state index in [0.29, 0.717) is 0 Å². The summed E-state index contributed by atoms with van der Waals surface area (Å²) in [7, 11) is 0. The minimum Gasteiger partial charge on any atom is -0.463 e. The van der Waals surface area contributed by atoms with Crippen LogP contribution in [0.2, 0.25) is 0 Å². The summed E-state index contributed by atoms with van der Waals surface area (Å²) >= 11 is 0. The van der Waals surface area contributed by atoms with Crippen LogP contribution in [0.1, 0.15) is 41.5 Å². The van der Waals surface area contributed by atoms with E-state index in [1.165, 1.54) is 25.1 Å². The summed E-state index contributed by atoms with van der Waals surface area (Å²) < 4.78 is 27.5. The van der Waals surface area contributed by atoms with Crippen molar-refractivity contribution in [3.05, 3.63) is 48.0 Å². The molecule has 0 aromatic heterocycles. The van der Waals surface area contributed by atoms with Gasteiger partial charge in [0, 0.05) is 20.8 Å². The van der Waals surface area contributed by atoms with Gasteiger partial charge in [-0.2, -0.15) is 0 Å². The molecule has 34 heavy (non-hydrogen) atoms. The first-order chi connectivity index (χ1) is 16.1. The number of carbonyl (C=O) groups excluding carboxylic acids is 5.